The topological polar surface area (TPSA) is 26.3 Å². The van der Waals surface area contributed by atoms with E-state index in [1.165, 1.54) is 13.3 Å². The van der Waals surface area contributed by atoms with Crippen molar-refractivity contribution in [3.63, 3.8) is 0 Å². The Morgan fingerprint density at radius 1 is 1.40 bits per heavy atom. The summed E-state index contributed by atoms with van der Waals surface area (Å²) in [6, 6.07) is 0. The van der Waals surface area contributed by atoms with E-state index < -0.39 is 0 Å². The van der Waals surface area contributed by atoms with Gasteiger partial charge in [0.2, 0.25) is 0 Å². The molecule has 0 spiro atoms. The molecule has 61 valence electrons. The van der Waals surface area contributed by atoms with Crippen LogP contribution in [0, 0.1) is 0 Å². The van der Waals surface area contributed by atoms with Crippen LogP contribution in [0.1, 0.15) is 33.1 Å². The molecule has 0 N–H and O–H groups in total. The Morgan fingerprint density at radius 3 is 2.40 bits per heavy atom. The van der Waals surface area contributed by atoms with Crippen LogP contribution < -0.4 is 0 Å². The van der Waals surface area contributed by atoms with Crippen molar-refractivity contribution in [2.75, 3.05) is 6.61 Å². The van der Waals surface area contributed by atoms with Gasteiger partial charge in [-0.25, -0.2) is 0 Å². The van der Waals surface area contributed by atoms with Crippen LogP contribution in [0.15, 0.2) is 0 Å². The van der Waals surface area contributed by atoms with E-state index in [2.05, 4.69) is 6.92 Å². The van der Waals surface area contributed by atoms with E-state index >= 15 is 0 Å². The van der Waals surface area contributed by atoms with Gasteiger partial charge in [0.15, 0.2) is 0 Å². The summed E-state index contributed by atoms with van der Waals surface area (Å²) in [4.78, 5) is 10.2. The molecule has 0 aromatic carbocycles. The van der Waals surface area contributed by atoms with E-state index in [-0.39, 0.29) is 22.7 Å². The van der Waals surface area contributed by atoms with Crippen LogP contribution in [0.2, 0.25) is 0 Å². The van der Waals surface area contributed by atoms with Crippen molar-refractivity contribution < 1.29 is 26.3 Å². The van der Waals surface area contributed by atoms with Gasteiger partial charge in [-0.1, -0.05) is 19.8 Å². The quantitative estimate of drug-likeness (QED) is 0.497. The number of unbranched alkanes of at least 4 members (excludes halogenated alkanes) is 2. The van der Waals surface area contributed by atoms with Crippen LogP contribution in [0.25, 0.3) is 0 Å². The number of esters is 1. The number of hydrogen-bond acceptors (Lipinski definition) is 2. The van der Waals surface area contributed by atoms with E-state index in [1.54, 1.807) is 0 Å². The van der Waals surface area contributed by atoms with E-state index in [1.807, 2.05) is 0 Å². The second-order valence-electron chi connectivity index (χ2n) is 2.05. The first-order valence-corrected chi connectivity index (χ1v) is 3.40. The standard InChI is InChI=1S/C7H14O2.Co/c1-3-4-5-6-9-7(2)8;/h3-6H2,1-2H3;/q;+2. The number of carbonyl (C=O) groups is 1. The average Bonchev–Trinajstić information content (AvgIpc) is 1.80. The molecule has 2 nitrogen and oxygen atoms in total. The van der Waals surface area contributed by atoms with Crippen molar-refractivity contribution in [2.24, 2.45) is 0 Å². The molecule has 0 heterocycles. The maximum atomic E-state index is 10.2. The minimum Gasteiger partial charge on any atom is -0.466 e. The molecule has 0 aliphatic rings. The van der Waals surface area contributed by atoms with E-state index in [0.29, 0.717) is 6.61 Å². The van der Waals surface area contributed by atoms with Gasteiger partial charge in [0.25, 0.3) is 0 Å². The molecular formula is C7H14CoO2+2. The predicted octanol–water partition coefficient (Wildman–Crippen LogP) is 1.74. The van der Waals surface area contributed by atoms with Crippen molar-refractivity contribution in [2.45, 2.75) is 33.1 Å². The molecule has 0 rings (SSSR count). The van der Waals surface area contributed by atoms with Gasteiger partial charge in [-0.3, -0.25) is 4.79 Å². The van der Waals surface area contributed by atoms with Crippen LogP contribution in [0.3, 0.4) is 0 Å². The molecule has 0 aliphatic carbocycles. The van der Waals surface area contributed by atoms with Crippen LogP contribution in [-0.2, 0) is 26.3 Å². The second-order valence-corrected chi connectivity index (χ2v) is 2.05. The molecule has 0 amide bonds. The molecule has 0 bridgehead atoms. The predicted molar refractivity (Wildman–Crippen MR) is 36.2 cm³/mol. The van der Waals surface area contributed by atoms with Gasteiger partial charge in [-0.15, -0.1) is 0 Å². The Morgan fingerprint density at radius 2 is 2.00 bits per heavy atom. The van der Waals surface area contributed by atoms with Gasteiger partial charge in [-0.05, 0) is 6.42 Å². The zero-order valence-corrected chi connectivity index (χ0v) is 7.52. The summed E-state index contributed by atoms with van der Waals surface area (Å²) in [6.07, 6.45) is 3.31. The van der Waals surface area contributed by atoms with Crippen molar-refractivity contribution in [1.29, 1.82) is 0 Å². The van der Waals surface area contributed by atoms with Crippen LogP contribution in [-0.4, -0.2) is 12.6 Å². The Hall–Kier alpha value is -0.0235. The maximum Gasteiger partial charge on any atom is 2.00 e. The zero-order valence-electron chi connectivity index (χ0n) is 6.48. The van der Waals surface area contributed by atoms with Crippen LogP contribution in [0.5, 0.6) is 0 Å². The molecule has 0 aromatic rings. The SMILES string of the molecule is CCCCCOC(C)=O.[Co+2]. The largest absolute Gasteiger partial charge is 2.00 e. The molecule has 0 atom stereocenters. The fourth-order valence-corrected chi connectivity index (χ4v) is 0.568. The first-order valence-electron chi connectivity index (χ1n) is 3.40. The van der Waals surface area contributed by atoms with Gasteiger partial charge in [0.1, 0.15) is 0 Å². The van der Waals surface area contributed by atoms with Crippen molar-refractivity contribution >= 4 is 5.97 Å². The molecule has 1 radical (unpaired) electrons. The molecule has 0 fully saturated rings. The molecule has 0 aromatic heterocycles. The third kappa shape index (κ3) is 10.9. The number of hydrogen-bond donors (Lipinski definition) is 0. The first-order chi connectivity index (χ1) is 4.27. The van der Waals surface area contributed by atoms with Crippen LogP contribution >= 0.6 is 0 Å². The fraction of sp³-hybridized carbons (Fsp3) is 0.857. The molecule has 0 aliphatic heterocycles. The second kappa shape index (κ2) is 8.98. The maximum absolute atomic E-state index is 10.2. The monoisotopic (exact) mass is 189 g/mol. The van der Waals surface area contributed by atoms with Gasteiger partial charge in [-0.2, -0.15) is 0 Å². The number of ether oxygens (including phenoxy) is 1. The summed E-state index contributed by atoms with van der Waals surface area (Å²) < 4.78 is 4.70. The van der Waals surface area contributed by atoms with E-state index in [0.717, 1.165) is 12.8 Å². The Labute approximate surface area is 72.5 Å². The van der Waals surface area contributed by atoms with E-state index in [4.69, 9.17) is 4.74 Å². The summed E-state index contributed by atoms with van der Waals surface area (Å²) in [5.74, 6) is -0.175. The van der Waals surface area contributed by atoms with Gasteiger partial charge in [0.05, 0.1) is 6.61 Å². The molecule has 0 saturated heterocycles. The molecule has 10 heavy (non-hydrogen) atoms. The first kappa shape index (κ1) is 12.6. The van der Waals surface area contributed by atoms with Crippen molar-refractivity contribution in [3.05, 3.63) is 0 Å². The summed E-state index contributed by atoms with van der Waals surface area (Å²) in [7, 11) is 0. The Balaban J connectivity index is 0. The zero-order chi connectivity index (χ0) is 7.11. The number of rotatable bonds is 4. The minimum absolute atomic E-state index is 0. The smallest absolute Gasteiger partial charge is 0.466 e. The third-order valence-corrected chi connectivity index (χ3v) is 1.05. The van der Waals surface area contributed by atoms with E-state index in [9.17, 15) is 4.79 Å². The molecular weight excluding hydrogens is 175 g/mol. The molecule has 3 heteroatoms. The summed E-state index contributed by atoms with van der Waals surface area (Å²) in [5, 5.41) is 0. The Bertz CT molecular complexity index is 83.7. The summed E-state index contributed by atoms with van der Waals surface area (Å²) in [6.45, 7) is 4.14. The Kier molecular flexibility index (Phi) is 11.3. The van der Waals surface area contributed by atoms with Crippen molar-refractivity contribution in [1.82, 2.24) is 0 Å². The minimum atomic E-state index is -0.175. The van der Waals surface area contributed by atoms with Gasteiger partial charge >= 0.3 is 22.7 Å². The summed E-state index contributed by atoms with van der Waals surface area (Å²) >= 11 is 0. The normalized spacial score (nSPS) is 8.20. The van der Waals surface area contributed by atoms with Crippen molar-refractivity contribution in [3.8, 4) is 0 Å². The molecule has 0 saturated carbocycles. The van der Waals surface area contributed by atoms with Gasteiger partial charge < -0.3 is 4.74 Å². The number of carbonyl (C=O) groups excluding carboxylic acids is 1. The van der Waals surface area contributed by atoms with Gasteiger partial charge in [0, 0.05) is 6.92 Å². The average molecular weight is 189 g/mol. The third-order valence-electron chi connectivity index (χ3n) is 1.05. The fourth-order valence-electron chi connectivity index (χ4n) is 0.568. The summed E-state index contributed by atoms with van der Waals surface area (Å²) in [5.41, 5.74) is 0. The van der Waals surface area contributed by atoms with Crippen LogP contribution in [0.4, 0.5) is 0 Å². The molecule has 0 unspecified atom stereocenters.